The lowest BCUT2D eigenvalue weighted by Gasteiger charge is -2.14. The fraction of sp³-hybridized carbons (Fsp3) is 0.400. The fourth-order valence-corrected chi connectivity index (χ4v) is 3.37. The van der Waals surface area contributed by atoms with Crippen molar-refractivity contribution in [2.24, 2.45) is 5.92 Å². The Hall–Kier alpha value is -1.99. The highest BCUT2D eigenvalue weighted by Crippen LogP contribution is 2.42. The summed E-state index contributed by atoms with van der Waals surface area (Å²) in [5.41, 5.74) is 0. The number of rotatable bonds is 6. The molecule has 1 N–H and O–H groups in total. The van der Waals surface area contributed by atoms with Gasteiger partial charge in [-0.1, -0.05) is 0 Å². The van der Waals surface area contributed by atoms with E-state index in [0.717, 1.165) is 5.01 Å². The van der Waals surface area contributed by atoms with Gasteiger partial charge in [0.1, 0.15) is 5.01 Å². The second kappa shape index (κ2) is 5.66. The standard InChI is InChI=1S/C15H16N4O2S/c1-9-7-17-15(22-9)13(10-4-5-10)16-8-12-18-19-14(21-12)11-3-2-6-20-11/h2-3,6-7,10,13,16H,4-5,8H2,1H3/t13-/m0/s1. The Morgan fingerprint density at radius 1 is 1.41 bits per heavy atom. The first kappa shape index (κ1) is 13.7. The lowest BCUT2D eigenvalue weighted by Crippen LogP contribution is -2.22. The van der Waals surface area contributed by atoms with Gasteiger partial charge in [-0.25, -0.2) is 4.98 Å². The second-order valence-electron chi connectivity index (χ2n) is 5.48. The average molecular weight is 316 g/mol. The first-order valence-corrected chi connectivity index (χ1v) is 8.13. The van der Waals surface area contributed by atoms with Crippen molar-refractivity contribution in [2.75, 3.05) is 0 Å². The van der Waals surface area contributed by atoms with E-state index < -0.39 is 0 Å². The van der Waals surface area contributed by atoms with Gasteiger partial charge < -0.3 is 8.83 Å². The van der Waals surface area contributed by atoms with Gasteiger partial charge in [0.15, 0.2) is 5.76 Å². The van der Waals surface area contributed by atoms with Gasteiger partial charge in [0.05, 0.1) is 18.8 Å². The molecule has 7 heteroatoms. The van der Waals surface area contributed by atoms with Crippen LogP contribution < -0.4 is 5.32 Å². The largest absolute Gasteiger partial charge is 0.459 e. The molecule has 1 saturated carbocycles. The number of hydrogen-bond donors (Lipinski definition) is 1. The first-order valence-electron chi connectivity index (χ1n) is 7.31. The van der Waals surface area contributed by atoms with Crippen molar-refractivity contribution in [1.82, 2.24) is 20.5 Å². The highest BCUT2D eigenvalue weighted by Gasteiger charge is 2.34. The Kier molecular flexibility index (Phi) is 3.51. The Morgan fingerprint density at radius 2 is 2.32 bits per heavy atom. The quantitative estimate of drug-likeness (QED) is 0.751. The molecule has 0 spiro atoms. The van der Waals surface area contributed by atoms with E-state index in [-0.39, 0.29) is 6.04 Å². The van der Waals surface area contributed by atoms with Crippen LogP contribution in [-0.4, -0.2) is 15.2 Å². The van der Waals surface area contributed by atoms with Crippen molar-refractivity contribution in [3.63, 3.8) is 0 Å². The average Bonchev–Trinajstić information content (AvgIpc) is 2.96. The van der Waals surface area contributed by atoms with E-state index in [1.54, 1.807) is 29.7 Å². The molecule has 1 fully saturated rings. The summed E-state index contributed by atoms with van der Waals surface area (Å²) >= 11 is 1.75. The summed E-state index contributed by atoms with van der Waals surface area (Å²) in [7, 11) is 0. The van der Waals surface area contributed by atoms with Crippen molar-refractivity contribution in [3.8, 4) is 11.7 Å². The van der Waals surface area contributed by atoms with Gasteiger partial charge >= 0.3 is 0 Å². The van der Waals surface area contributed by atoms with E-state index >= 15 is 0 Å². The number of hydrogen-bond acceptors (Lipinski definition) is 7. The first-order chi connectivity index (χ1) is 10.8. The molecule has 3 aromatic rings. The minimum atomic E-state index is 0.276. The van der Waals surface area contributed by atoms with Crippen LogP contribution in [0.3, 0.4) is 0 Å². The summed E-state index contributed by atoms with van der Waals surface area (Å²) in [6, 6.07) is 3.87. The molecule has 1 aliphatic rings. The molecule has 0 radical (unpaired) electrons. The smallest absolute Gasteiger partial charge is 0.283 e. The van der Waals surface area contributed by atoms with Crippen LogP contribution in [0.25, 0.3) is 11.7 Å². The zero-order valence-corrected chi connectivity index (χ0v) is 13.0. The van der Waals surface area contributed by atoms with Gasteiger partial charge in [-0.2, -0.15) is 0 Å². The maximum absolute atomic E-state index is 5.62. The second-order valence-corrected chi connectivity index (χ2v) is 6.75. The van der Waals surface area contributed by atoms with Crippen molar-refractivity contribution >= 4 is 11.3 Å². The molecule has 114 valence electrons. The van der Waals surface area contributed by atoms with Crippen molar-refractivity contribution in [2.45, 2.75) is 32.4 Å². The van der Waals surface area contributed by atoms with Crippen LogP contribution in [-0.2, 0) is 6.54 Å². The third kappa shape index (κ3) is 2.82. The van der Waals surface area contributed by atoms with E-state index in [4.69, 9.17) is 8.83 Å². The number of nitrogens with one attached hydrogen (secondary N) is 1. The zero-order valence-electron chi connectivity index (χ0n) is 12.2. The lowest BCUT2D eigenvalue weighted by molar-refractivity contribution is 0.414. The monoisotopic (exact) mass is 316 g/mol. The summed E-state index contributed by atoms with van der Waals surface area (Å²) in [5, 5.41) is 12.7. The SMILES string of the molecule is Cc1cnc([C@@H](NCc2nnc(-c3ccco3)o2)C2CC2)s1. The third-order valence-electron chi connectivity index (χ3n) is 3.67. The Morgan fingerprint density at radius 3 is 3.00 bits per heavy atom. The van der Waals surface area contributed by atoms with Crippen LogP contribution in [0.2, 0.25) is 0 Å². The minimum Gasteiger partial charge on any atom is -0.459 e. The third-order valence-corrected chi connectivity index (χ3v) is 4.67. The van der Waals surface area contributed by atoms with Crippen LogP contribution in [0.4, 0.5) is 0 Å². The number of aryl methyl sites for hydroxylation is 1. The maximum atomic E-state index is 5.62. The molecule has 4 rings (SSSR count). The molecule has 22 heavy (non-hydrogen) atoms. The van der Waals surface area contributed by atoms with Gasteiger partial charge in [0.2, 0.25) is 5.89 Å². The molecule has 0 saturated heterocycles. The maximum Gasteiger partial charge on any atom is 0.283 e. The van der Waals surface area contributed by atoms with Crippen molar-refractivity contribution < 1.29 is 8.83 Å². The van der Waals surface area contributed by atoms with Crippen LogP contribution >= 0.6 is 11.3 Å². The molecule has 3 aromatic heterocycles. The van der Waals surface area contributed by atoms with Gasteiger partial charge in [-0.15, -0.1) is 21.5 Å². The summed E-state index contributed by atoms with van der Waals surface area (Å²) in [6.45, 7) is 2.62. The number of nitrogens with zero attached hydrogens (tertiary/aromatic N) is 3. The molecule has 3 heterocycles. The lowest BCUT2D eigenvalue weighted by atomic mass is 10.2. The molecule has 6 nitrogen and oxygen atoms in total. The van der Waals surface area contributed by atoms with Crippen molar-refractivity contribution in [3.05, 3.63) is 40.4 Å². The van der Waals surface area contributed by atoms with Crippen LogP contribution in [0.1, 0.15) is 34.7 Å². The Bertz CT molecular complexity index is 745. The number of thiazole rings is 1. The number of furan rings is 1. The predicted octanol–water partition coefficient (Wildman–Crippen LogP) is 3.34. The van der Waals surface area contributed by atoms with E-state index in [1.807, 2.05) is 6.20 Å². The van der Waals surface area contributed by atoms with E-state index in [0.29, 0.717) is 30.0 Å². The molecule has 0 aromatic carbocycles. The molecular weight excluding hydrogens is 300 g/mol. The summed E-state index contributed by atoms with van der Waals surface area (Å²) < 4.78 is 10.9. The summed E-state index contributed by atoms with van der Waals surface area (Å²) in [6.07, 6.45) is 6.01. The highest BCUT2D eigenvalue weighted by molar-refractivity contribution is 7.11. The van der Waals surface area contributed by atoms with Crippen molar-refractivity contribution in [1.29, 1.82) is 0 Å². The van der Waals surface area contributed by atoms with Crippen LogP contribution in [0.5, 0.6) is 0 Å². The molecule has 0 unspecified atom stereocenters. The van der Waals surface area contributed by atoms with E-state index in [1.165, 1.54) is 17.7 Å². The normalized spacial score (nSPS) is 16.0. The van der Waals surface area contributed by atoms with E-state index in [2.05, 4.69) is 27.4 Å². The summed E-state index contributed by atoms with van der Waals surface area (Å²) in [5.74, 6) is 2.23. The molecule has 1 atom stereocenters. The molecule has 0 amide bonds. The van der Waals surface area contributed by atoms with Gasteiger partial charge in [-0.05, 0) is 37.8 Å². The van der Waals surface area contributed by atoms with Gasteiger partial charge in [-0.3, -0.25) is 5.32 Å². The fourth-order valence-electron chi connectivity index (χ4n) is 2.42. The minimum absolute atomic E-state index is 0.276. The molecule has 0 bridgehead atoms. The summed E-state index contributed by atoms with van der Waals surface area (Å²) in [4.78, 5) is 5.75. The van der Waals surface area contributed by atoms with E-state index in [9.17, 15) is 0 Å². The topological polar surface area (TPSA) is 77.0 Å². The Balaban J connectivity index is 1.44. The molecule has 1 aliphatic carbocycles. The predicted molar refractivity (Wildman–Crippen MR) is 81.2 cm³/mol. The number of aromatic nitrogens is 3. The Labute approximate surface area is 131 Å². The van der Waals surface area contributed by atoms with Gasteiger partial charge in [0, 0.05) is 11.1 Å². The van der Waals surface area contributed by atoms with Crippen LogP contribution in [0, 0.1) is 12.8 Å². The highest BCUT2D eigenvalue weighted by atomic mass is 32.1. The zero-order chi connectivity index (χ0) is 14.9. The van der Waals surface area contributed by atoms with Gasteiger partial charge in [0.25, 0.3) is 5.89 Å². The van der Waals surface area contributed by atoms with Crippen LogP contribution in [0.15, 0.2) is 33.4 Å². The molecule has 0 aliphatic heterocycles. The molecular formula is C15H16N4O2S.